The molecule has 7 heteroatoms. The molecule has 1 fully saturated rings. The first-order valence-corrected chi connectivity index (χ1v) is 13.0. The maximum Gasteiger partial charge on any atom is 0.242 e. The first-order chi connectivity index (χ1) is 15.4. The van der Waals surface area contributed by atoms with Gasteiger partial charge in [-0.1, -0.05) is 78.9 Å². The number of thioether (sulfide) groups is 1. The van der Waals surface area contributed by atoms with Gasteiger partial charge in [0, 0.05) is 28.4 Å². The first kappa shape index (κ1) is 24.9. The summed E-state index contributed by atoms with van der Waals surface area (Å²) in [7, 11) is 0. The van der Waals surface area contributed by atoms with Crippen LogP contribution in [0.5, 0.6) is 0 Å². The van der Waals surface area contributed by atoms with Crippen LogP contribution >= 0.6 is 35.0 Å². The zero-order valence-electron chi connectivity index (χ0n) is 18.4. The molecule has 172 valence electrons. The number of carbonyl (C=O) groups is 2. The van der Waals surface area contributed by atoms with Crippen LogP contribution in [0.25, 0.3) is 0 Å². The number of amides is 2. The molecule has 2 aromatic rings. The Morgan fingerprint density at radius 3 is 2.50 bits per heavy atom. The summed E-state index contributed by atoms with van der Waals surface area (Å²) in [6.07, 6.45) is 5.50. The second kappa shape index (κ2) is 12.5. The smallest absolute Gasteiger partial charge is 0.242 e. The molecule has 1 N–H and O–H groups in total. The van der Waals surface area contributed by atoms with Crippen molar-refractivity contribution in [1.29, 1.82) is 0 Å². The van der Waals surface area contributed by atoms with Crippen LogP contribution in [0.2, 0.25) is 10.0 Å². The minimum absolute atomic E-state index is 0.0803. The fourth-order valence-corrected chi connectivity index (χ4v) is 5.24. The lowest BCUT2D eigenvalue weighted by molar-refractivity contribution is -0.139. The van der Waals surface area contributed by atoms with Crippen molar-refractivity contribution in [3.8, 4) is 0 Å². The van der Waals surface area contributed by atoms with Crippen molar-refractivity contribution in [1.82, 2.24) is 10.2 Å². The number of rotatable bonds is 9. The zero-order chi connectivity index (χ0) is 22.9. The summed E-state index contributed by atoms with van der Waals surface area (Å²) in [4.78, 5) is 27.9. The predicted octanol–water partition coefficient (Wildman–Crippen LogP) is 6.09. The van der Waals surface area contributed by atoms with Gasteiger partial charge in [-0.2, -0.15) is 0 Å². The Kier molecular flexibility index (Phi) is 9.76. The lowest BCUT2D eigenvalue weighted by atomic mass is 9.95. The Morgan fingerprint density at radius 1 is 1.09 bits per heavy atom. The van der Waals surface area contributed by atoms with Gasteiger partial charge in [0.05, 0.1) is 5.75 Å². The topological polar surface area (TPSA) is 49.4 Å². The molecule has 0 bridgehead atoms. The molecule has 0 aromatic heterocycles. The van der Waals surface area contributed by atoms with Crippen LogP contribution in [0.1, 0.15) is 50.2 Å². The first-order valence-electron chi connectivity index (χ1n) is 11.1. The monoisotopic (exact) mass is 492 g/mol. The van der Waals surface area contributed by atoms with Gasteiger partial charge < -0.3 is 10.2 Å². The molecule has 1 aliphatic rings. The molecular weight excluding hydrogens is 463 g/mol. The Hall–Kier alpha value is -1.69. The summed E-state index contributed by atoms with van der Waals surface area (Å²) in [6, 6.07) is 14.9. The Labute approximate surface area is 205 Å². The molecule has 0 unspecified atom stereocenters. The lowest BCUT2D eigenvalue weighted by Crippen LogP contribution is -2.50. The van der Waals surface area contributed by atoms with Gasteiger partial charge in [-0.3, -0.25) is 9.59 Å². The Morgan fingerprint density at radius 2 is 1.81 bits per heavy atom. The fourth-order valence-electron chi connectivity index (χ4n) is 3.90. The number of nitrogens with one attached hydrogen (secondary N) is 1. The minimum Gasteiger partial charge on any atom is -0.352 e. The van der Waals surface area contributed by atoms with E-state index in [1.807, 2.05) is 36.4 Å². The standard InChI is InChI=1S/C25H30Cl2N2O2S/c1-18(25(31)28-22-10-6-3-7-11-22)29(15-20-12-13-21(26)14-23(20)27)24(30)17-32-16-19-8-4-2-5-9-19/h2,4-5,8-9,12-14,18,22H,3,6-7,10-11,15-17H2,1H3,(H,28,31)/t18-/m0/s1. The number of benzene rings is 2. The van der Waals surface area contributed by atoms with Crippen LogP contribution in [0.3, 0.4) is 0 Å². The highest BCUT2D eigenvalue weighted by Gasteiger charge is 2.28. The fraction of sp³-hybridized carbons (Fsp3) is 0.440. The molecule has 4 nitrogen and oxygen atoms in total. The second-order valence-electron chi connectivity index (χ2n) is 8.26. The number of halogens is 2. The molecule has 1 saturated carbocycles. The van der Waals surface area contributed by atoms with Crippen molar-refractivity contribution in [2.45, 2.75) is 63.4 Å². The largest absolute Gasteiger partial charge is 0.352 e. The number of hydrogen-bond donors (Lipinski definition) is 1. The van der Waals surface area contributed by atoms with Crippen LogP contribution < -0.4 is 5.32 Å². The van der Waals surface area contributed by atoms with Gasteiger partial charge >= 0.3 is 0 Å². The highest BCUT2D eigenvalue weighted by Crippen LogP contribution is 2.24. The number of nitrogens with zero attached hydrogens (tertiary/aromatic N) is 1. The molecule has 0 heterocycles. The zero-order valence-corrected chi connectivity index (χ0v) is 20.7. The van der Waals surface area contributed by atoms with E-state index in [9.17, 15) is 9.59 Å². The van der Waals surface area contributed by atoms with Crippen molar-refractivity contribution in [2.75, 3.05) is 5.75 Å². The summed E-state index contributed by atoms with van der Waals surface area (Å²) in [6.45, 7) is 2.06. The maximum absolute atomic E-state index is 13.2. The van der Waals surface area contributed by atoms with Gasteiger partial charge in [-0.25, -0.2) is 0 Å². The quantitative estimate of drug-likeness (QED) is 0.460. The highest BCUT2D eigenvalue weighted by molar-refractivity contribution is 7.99. The van der Waals surface area contributed by atoms with E-state index in [1.165, 1.54) is 12.0 Å². The number of hydrogen-bond acceptors (Lipinski definition) is 3. The van der Waals surface area contributed by atoms with Crippen LogP contribution in [0.15, 0.2) is 48.5 Å². The van der Waals surface area contributed by atoms with Crippen molar-refractivity contribution < 1.29 is 9.59 Å². The Bertz CT molecular complexity index is 904. The molecule has 2 aromatic carbocycles. The van der Waals surface area contributed by atoms with Crippen molar-refractivity contribution in [3.05, 3.63) is 69.7 Å². The molecule has 1 aliphatic carbocycles. The molecular formula is C25H30Cl2N2O2S. The lowest BCUT2D eigenvalue weighted by Gasteiger charge is -2.31. The van der Waals surface area contributed by atoms with E-state index >= 15 is 0 Å². The van der Waals surface area contributed by atoms with Crippen molar-refractivity contribution in [3.63, 3.8) is 0 Å². The van der Waals surface area contributed by atoms with E-state index in [1.54, 1.807) is 35.7 Å². The van der Waals surface area contributed by atoms with Gasteiger partial charge in [-0.05, 0) is 43.0 Å². The second-order valence-corrected chi connectivity index (χ2v) is 10.1. The molecule has 1 atom stereocenters. The average Bonchev–Trinajstić information content (AvgIpc) is 2.79. The van der Waals surface area contributed by atoms with Gasteiger partial charge in [0.15, 0.2) is 0 Å². The van der Waals surface area contributed by atoms with Gasteiger partial charge in [0.1, 0.15) is 6.04 Å². The third kappa shape index (κ3) is 7.43. The van der Waals surface area contributed by atoms with E-state index in [-0.39, 0.29) is 24.4 Å². The summed E-state index contributed by atoms with van der Waals surface area (Å²) >= 11 is 14.0. The van der Waals surface area contributed by atoms with E-state index in [2.05, 4.69) is 5.32 Å². The van der Waals surface area contributed by atoms with Gasteiger partial charge in [-0.15, -0.1) is 11.8 Å². The molecule has 0 spiro atoms. The molecule has 2 amide bonds. The van der Waals surface area contributed by atoms with Crippen LogP contribution in [-0.2, 0) is 21.9 Å². The molecule has 0 saturated heterocycles. The molecule has 0 aliphatic heterocycles. The Balaban J connectivity index is 1.68. The van der Waals surface area contributed by atoms with Crippen LogP contribution in [0, 0.1) is 0 Å². The minimum atomic E-state index is -0.589. The normalized spacial score (nSPS) is 15.2. The summed E-state index contributed by atoms with van der Waals surface area (Å²) < 4.78 is 0. The third-order valence-electron chi connectivity index (χ3n) is 5.81. The van der Waals surface area contributed by atoms with Gasteiger partial charge in [0.2, 0.25) is 11.8 Å². The molecule has 0 radical (unpaired) electrons. The molecule has 3 rings (SSSR count). The summed E-state index contributed by atoms with van der Waals surface area (Å²) in [5, 5.41) is 4.18. The van der Waals surface area contributed by atoms with Crippen LogP contribution in [-0.4, -0.2) is 34.6 Å². The summed E-state index contributed by atoms with van der Waals surface area (Å²) in [5.74, 6) is 0.845. The average molecular weight is 494 g/mol. The van der Waals surface area contributed by atoms with E-state index in [4.69, 9.17) is 23.2 Å². The summed E-state index contributed by atoms with van der Waals surface area (Å²) in [5.41, 5.74) is 1.94. The van der Waals surface area contributed by atoms with Crippen molar-refractivity contribution >= 4 is 46.8 Å². The third-order valence-corrected chi connectivity index (χ3v) is 7.39. The van der Waals surface area contributed by atoms with Crippen LogP contribution in [0.4, 0.5) is 0 Å². The van der Waals surface area contributed by atoms with E-state index in [0.717, 1.165) is 37.0 Å². The number of carbonyl (C=O) groups excluding carboxylic acids is 2. The SMILES string of the molecule is C[C@@H](C(=O)NC1CCCCC1)N(Cc1ccc(Cl)cc1Cl)C(=O)CSCc1ccccc1. The molecule has 32 heavy (non-hydrogen) atoms. The highest BCUT2D eigenvalue weighted by atomic mass is 35.5. The van der Waals surface area contributed by atoms with E-state index < -0.39 is 6.04 Å². The van der Waals surface area contributed by atoms with Crippen molar-refractivity contribution in [2.24, 2.45) is 0 Å². The van der Waals surface area contributed by atoms with E-state index in [0.29, 0.717) is 15.8 Å². The van der Waals surface area contributed by atoms with Gasteiger partial charge in [0.25, 0.3) is 0 Å². The maximum atomic E-state index is 13.2. The predicted molar refractivity (Wildman–Crippen MR) is 134 cm³/mol.